The minimum atomic E-state index is -0.983. The molecule has 0 saturated carbocycles. The molecule has 0 radical (unpaired) electrons. The smallest absolute Gasteiger partial charge is 0.338 e. The summed E-state index contributed by atoms with van der Waals surface area (Å²) in [4.78, 5) is 33.9. The van der Waals surface area contributed by atoms with E-state index >= 15 is 0 Å². The van der Waals surface area contributed by atoms with Crippen molar-refractivity contribution in [3.63, 3.8) is 0 Å². The Labute approximate surface area is 145 Å². The standard InChI is InChI=1S/C16H13F2N3O5/c1-19-13-4-2-9(6-14(13)21(24)25)16(23)26-8-15(22)20-12-5-3-10(17)7-11(12)18/h2-7,19H,8H2,1H3,(H,20,22). The van der Waals surface area contributed by atoms with Crippen LogP contribution in [0, 0.1) is 21.7 Å². The van der Waals surface area contributed by atoms with Crippen LogP contribution in [-0.2, 0) is 9.53 Å². The van der Waals surface area contributed by atoms with Gasteiger partial charge in [-0.25, -0.2) is 13.6 Å². The van der Waals surface area contributed by atoms with Gasteiger partial charge in [0.05, 0.1) is 16.2 Å². The van der Waals surface area contributed by atoms with E-state index in [2.05, 4.69) is 10.6 Å². The number of hydrogen-bond donors (Lipinski definition) is 2. The molecule has 1 amide bonds. The van der Waals surface area contributed by atoms with Crippen LogP contribution in [0.1, 0.15) is 10.4 Å². The molecular weight excluding hydrogens is 352 g/mol. The number of nitro groups is 1. The number of nitrogens with one attached hydrogen (secondary N) is 2. The minimum absolute atomic E-state index is 0.128. The van der Waals surface area contributed by atoms with Gasteiger partial charge in [-0.2, -0.15) is 0 Å². The first-order chi connectivity index (χ1) is 12.3. The Bertz CT molecular complexity index is 873. The van der Waals surface area contributed by atoms with Crippen LogP contribution in [0.2, 0.25) is 0 Å². The number of carbonyl (C=O) groups excluding carboxylic acids is 2. The zero-order valence-corrected chi connectivity index (χ0v) is 13.4. The molecule has 2 aromatic carbocycles. The van der Waals surface area contributed by atoms with Crippen LogP contribution < -0.4 is 10.6 Å². The number of carbonyl (C=O) groups is 2. The maximum absolute atomic E-state index is 13.4. The van der Waals surface area contributed by atoms with E-state index in [1.807, 2.05) is 0 Å². The molecule has 2 rings (SSSR count). The Morgan fingerprint density at radius 1 is 1.15 bits per heavy atom. The highest BCUT2D eigenvalue weighted by Gasteiger charge is 2.18. The first kappa shape index (κ1) is 18.8. The number of anilines is 2. The number of hydrogen-bond acceptors (Lipinski definition) is 6. The molecule has 8 nitrogen and oxygen atoms in total. The number of rotatable bonds is 6. The van der Waals surface area contributed by atoms with Gasteiger partial charge >= 0.3 is 5.97 Å². The van der Waals surface area contributed by atoms with Crippen molar-refractivity contribution in [1.82, 2.24) is 0 Å². The fourth-order valence-corrected chi connectivity index (χ4v) is 2.01. The normalized spacial score (nSPS) is 10.1. The summed E-state index contributed by atoms with van der Waals surface area (Å²) in [7, 11) is 1.49. The van der Waals surface area contributed by atoms with E-state index in [4.69, 9.17) is 4.74 Å². The molecule has 0 saturated heterocycles. The number of ether oxygens (including phenoxy) is 1. The van der Waals surface area contributed by atoms with Crippen LogP contribution in [-0.4, -0.2) is 30.5 Å². The first-order valence-corrected chi connectivity index (χ1v) is 7.20. The SMILES string of the molecule is CNc1ccc(C(=O)OCC(=O)Nc2ccc(F)cc2F)cc1[N+](=O)[O-]. The average molecular weight is 365 g/mol. The van der Waals surface area contributed by atoms with Crippen molar-refractivity contribution in [2.45, 2.75) is 0 Å². The van der Waals surface area contributed by atoms with E-state index in [0.29, 0.717) is 6.07 Å². The van der Waals surface area contributed by atoms with Gasteiger partial charge in [0.1, 0.15) is 17.3 Å². The monoisotopic (exact) mass is 365 g/mol. The van der Waals surface area contributed by atoms with Crippen molar-refractivity contribution in [3.05, 3.63) is 63.7 Å². The maximum Gasteiger partial charge on any atom is 0.338 e. The van der Waals surface area contributed by atoms with Gasteiger partial charge in [0.15, 0.2) is 6.61 Å². The molecule has 0 unspecified atom stereocenters. The molecule has 0 fully saturated rings. The Kier molecular flexibility index (Phi) is 5.78. The van der Waals surface area contributed by atoms with Crippen LogP contribution in [0.25, 0.3) is 0 Å². The van der Waals surface area contributed by atoms with Crippen LogP contribution >= 0.6 is 0 Å². The highest BCUT2D eigenvalue weighted by atomic mass is 19.1. The predicted octanol–water partition coefficient (Wildman–Crippen LogP) is 2.71. The van der Waals surface area contributed by atoms with Crippen molar-refractivity contribution < 1.29 is 28.0 Å². The van der Waals surface area contributed by atoms with Gasteiger partial charge in [-0.1, -0.05) is 0 Å². The van der Waals surface area contributed by atoms with Crippen LogP contribution in [0.3, 0.4) is 0 Å². The quantitative estimate of drug-likeness (QED) is 0.463. The van der Waals surface area contributed by atoms with E-state index in [9.17, 15) is 28.5 Å². The fourth-order valence-electron chi connectivity index (χ4n) is 2.01. The molecule has 26 heavy (non-hydrogen) atoms. The lowest BCUT2D eigenvalue weighted by atomic mass is 10.1. The van der Waals surface area contributed by atoms with Gasteiger partial charge in [0.2, 0.25) is 0 Å². The third-order valence-corrected chi connectivity index (χ3v) is 3.24. The Morgan fingerprint density at radius 3 is 2.46 bits per heavy atom. The molecule has 0 atom stereocenters. The van der Waals surface area contributed by atoms with E-state index < -0.39 is 35.0 Å². The van der Waals surface area contributed by atoms with Crippen molar-refractivity contribution in [2.75, 3.05) is 24.3 Å². The summed E-state index contributed by atoms with van der Waals surface area (Å²) in [6.45, 7) is -0.753. The summed E-state index contributed by atoms with van der Waals surface area (Å²) in [6.07, 6.45) is 0. The van der Waals surface area contributed by atoms with Gasteiger partial charge in [-0.05, 0) is 24.3 Å². The van der Waals surface area contributed by atoms with Crippen LogP contribution in [0.4, 0.5) is 25.8 Å². The lowest BCUT2D eigenvalue weighted by Gasteiger charge is -2.08. The van der Waals surface area contributed by atoms with E-state index in [0.717, 1.165) is 18.2 Å². The molecule has 136 valence electrons. The van der Waals surface area contributed by atoms with Crippen molar-refractivity contribution in [2.24, 2.45) is 0 Å². The molecule has 0 aliphatic carbocycles. The Hall–Kier alpha value is -3.56. The van der Waals surface area contributed by atoms with Crippen LogP contribution in [0.5, 0.6) is 0 Å². The second-order valence-electron chi connectivity index (χ2n) is 4.99. The number of nitro benzene ring substituents is 1. The largest absolute Gasteiger partial charge is 0.452 e. The number of esters is 1. The Balaban J connectivity index is 2.00. The van der Waals surface area contributed by atoms with Crippen molar-refractivity contribution in [3.8, 4) is 0 Å². The van der Waals surface area contributed by atoms with Crippen LogP contribution in [0.15, 0.2) is 36.4 Å². The molecule has 2 N–H and O–H groups in total. The van der Waals surface area contributed by atoms with E-state index in [1.165, 1.54) is 19.2 Å². The summed E-state index contributed by atoms with van der Waals surface area (Å²) in [5.74, 6) is -3.61. The van der Waals surface area contributed by atoms with Gasteiger partial charge in [-0.15, -0.1) is 0 Å². The molecule has 0 aliphatic rings. The topological polar surface area (TPSA) is 111 Å². The van der Waals surface area contributed by atoms with Crippen molar-refractivity contribution in [1.29, 1.82) is 0 Å². The number of benzene rings is 2. The summed E-state index contributed by atoms with van der Waals surface area (Å²) >= 11 is 0. The number of halogens is 2. The van der Waals surface area contributed by atoms with Gasteiger partial charge in [0, 0.05) is 19.2 Å². The summed E-state index contributed by atoms with van der Waals surface area (Å²) < 4.78 is 31.0. The van der Waals surface area contributed by atoms with Gasteiger partial charge in [-0.3, -0.25) is 14.9 Å². The molecule has 0 aliphatic heterocycles. The van der Waals surface area contributed by atoms with Gasteiger partial charge < -0.3 is 15.4 Å². The number of amides is 1. The molecule has 10 heteroatoms. The molecule has 2 aromatic rings. The summed E-state index contributed by atoms with van der Waals surface area (Å²) in [5, 5.41) is 15.7. The third kappa shape index (κ3) is 4.50. The predicted molar refractivity (Wildman–Crippen MR) is 87.9 cm³/mol. The molecule has 0 spiro atoms. The van der Waals surface area contributed by atoms with Crippen molar-refractivity contribution >= 4 is 28.9 Å². The summed E-state index contributed by atoms with van der Waals surface area (Å²) in [5.41, 5.74) is -0.534. The van der Waals surface area contributed by atoms with E-state index in [-0.39, 0.29) is 22.6 Å². The molecular formula is C16H13F2N3O5. The molecule has 0 bridgehead atoms. The maximum atomic E-state index is 13.4. The minimum Gasteiger partial charge on any atom is -0.452 e. The second-order valence-corrected chi connectivity index (χ2v) is 4.99. The average Bonchev–Trinajstić information content (AvgIpc) is 2.61. The lowest BCUT2D eigenvalue weighted by molar-refractivity contribution is -0.384. The number of nitrogens with zero attached hydrogens (tertiary/aromatic N) is 1. The zero-order chi connectivity index (χ0) is 19.3. The molecule has 0 aromatic heterocycles. The van der Waals surface area contributed by atoms with E-state index in [1.54, 1.807) is 0 Å². The highest BCUT2D eigenvalue weighted by molar-refractivity contribution is 5.96. The second kappa shape index (κ2) is 8.01. The zero-order valence-electron chi connectivity index (χ0n) is 13.4. The third-order valence-electron chi connectivity index (χ3n) is 3.24. The molecule has 0 heterocycles. The lowest BCUT2D eigenvalue weighted by Crippen LogP contribution is -2.21. The van der Waals surface area contributed by atoms with Gasteiger partial charge in [0.25, 0.3) is 11.6 Å². The first-order valence-electron chi connectivity index (χ1n) is 7.20. The highest BCUT2D eigenvalue weighted by Crippen LogP contribution is 2.25. The Morgan fingerprint density at radius 2 is 1.85 bits per heavy atom. The fraction of sp³-hybridized carbons (Fsp3) is 0.125. The summed E-state index contributed by atoms with van der Waals surface area (Å²) in [6, 6.07) is 6.18.